The number of carbonyl (C=O) groups is 1. The van der Waals surface area contributed by atoms with Crippen molar-refractivity contribution >= 4 is 6.03 Å². The average molecular weight is 261 g/mol. The lowest BCUT2D eigenvalue weighted by Crippen LogP contribution is -2.52. The summed E-state index contributed by atoms with van der Waals surface area (Å²) in [5, 5.41) is 12.8. The molecule has 0 spiro atoms. The van der Waals surface area contributed by atoms with Crippen molar-refractivity contribution in [2.45, 2.75) is 19.0 Å². The van der Waals surface area contributed by atoms with Gasteiger partial charge >= 0.3 is 6.03 Å². The molecule has 102 valence electrons. The number of para-hydroxylation sites is 1. The van der Waals surface area contributed by atoms with Gasteiger partial charge in [0.25, 0.3) is 0 Å². The molecule has 2 aliphatic heterocycles. The van der Waals surface area contributed by atoms with Gasteiger partial charge in [-0.25, -0.2) is 4.79 Å². The fourth-order valence-corrected chi connectivity index (χ4v) is 3.02. The zero-order valence-electron chi connectivity index (χ0n) is 11.0. The first-order valence-electron chi connectivity index (χ1n) is 6.73. The van der Waals surface area contributed by atoms with Crippen LogP contribution in [0.3, 0.4) is 0 Å². The number of amides is 2. The van der Waals surface area contributed by atoms with Crippen LogP contribution in [-0.2, 0) is 0 Å². The van der Waals surface area contributed by atoms with Crippen LogP contribution in [0.25, 0.3) is 0 Å². The van der Waals surface area contributed by atoms with Gasteiger partial charge in [-0.05, 0) is 13.0 Å². The van der Waals surface area contributed by atoms with Gasteiger partial charge in [-0.3, -0.25) is 4.90 Å². The molecule has 2 amide bonds. The van der Waals surface area contributed by atoms with E-state index in [2.05, 4.69) is 17.1 Å². The lowest BCUT2D eigenvalue weighted by atomic mass is 10.0. The fraction of sp³-hybridized carbons (Fsp3) is 0.500. The first-order valence-corrected chi connectivity index (χ1v) is 6.73. The highest BCUT2D eigenvalue weighted by atomic mass is 16.3. The molecule has 0 aromatic heterocycles. The summed E-state index contributed by atoms with van der Waals surface area (Å²) in [7, 11) is 0. The van der Waals surface area contributed by atoms with Gasteiger partial charge in [0.2, 0.25) is 0 Å². The molecule has 2 heterocycles. The van der Waals surface area contributed by atoms with Crippen molar-refractivity contribution in [2.24, 2.45) is 0 Å². The number of benzene rings is 1. The van der Waals surface area contributed by atoms with Crippen molar-refractivity contribution in [3.05, 3.63) is 29.8 Å². The molecule has 2 aliphatic rings. The molecule has 2 N–H and O–H groups in total. The number of piperazine rings is 1. The molecule has 2 unspecified atom stereocenters. The lowest BCUT2D eigenvalue weighted by molar-refractivity contribution is 0.0930. The minimum Gasteiger partial charge on any atom is -0.508 e. The summed E-state index contributed by atoms with van der Waals surface area (Å²) < 4.78 is 0. The summed E-state index contributed by atoms with van der Waals surface area (Å²) in [6.07, 6.45) is 0. The van der Waals surface area contributed by atoms with E-state index in [0.29, 0.717) is 5.75 Å². The van der Waals surface area contributed by atoms with Crippen LogP contribution in [0.2, 0.25) is 0 Å². The van der Waals surface area contributed by atoms with Gasteiger partial charge in [0.05, 0.1) is 6.04 Å². The van der Waals surface area contributed by atoms with Crippen LogP contribution >= 0.6 is 0 Å². The number of rotatable bonds is 2. The maximum atomic E-state index is 11.6. The van der Waals surface area contributed by atoms with E-state index in [0.717, 1.165) is 31.7 Å². The Morgan fingerprint density at radius 3 is 2.95 bits per heavy atom. The van der Waals surface area contributed by atoms with Crippen LogP contribution < -0.4 is 5.32 Å². The van der Waals surface area contributed by atoms with Gasteiger partial charge in [0, 0.05) is 37.8 Å². The third-order valence-corrected chi connectivity index (χ3v) is 4.20. The Balaban J connectivity index is 1.74. The van der Waals surface area contributed by atoms with Crippen LogP contribution in [0.15, 0.2) is 24.3 Å². The van der Waals surface area contributed by atoms with Crippen molar-refractivity contribution in [1.82, 2.24) is 15.1 Å². The molecule has 0 bridgehead atoms. The monoisotopic (exact) mass is 261 g/mol. The van der Waals surface area contributed by atoms with Crippen molar-refractivity contribution in [2.75, 3.05) is 26.2 Å². The first-order chi connectivity index (χ1) is 9.16. The zero-order valence-corrected chi connectivity index (χ0v) is 11.0. The molecule has 1 aromatic rings. The number of hydrogen-bond donors (Lipinski definition) is 2. The Morgan fingerprint density at radius 1 is 1.37 bits per heavy atom. The summed E-state index contributed by atoms with van der Waals surface area (Å²) in [6, 6.07) is 7.95. The minimum atomic E-state index is 0.0554. The predicted octanol–water partition coefficient (Wildman–Crippen LogP) is 1.16. The van der Waals surface area contributed by atoms with Crippen LogP contribution in [0, 0.1) is 0 Å². The standard InChI is InChI=1S/C14H19N3O2/c1-10(12-4-2-3-5-13(12)18)16-6-7-17-11(9-16)8-15-14(17)19/h2-5,10-11,18H,6-9H2,1H3,(H,15,19). The van der Waals surface area contributed by atoms with Gasteiger partial charge in [-0.2, -0.15) is 0 Å². The van der Waals surface area contributed by atoms with Crippen molar-refractivity contribution in [3.8, 4) is 5.75 Å². The fourth-order valence-electron chi connectivity index (χ4n) is 3.02. The Bertz CT molecular complexity index is 491. The molecular weight excluding hydrogens is 242 g/mol. The summed E-state index contributed by atoms with van der Waals surface area (Å²) >= 11 is 0. The maximum absolute atomic E-state index is 11.6. The van der Waals surface area contributed by atoms with Crippen LogP contribution in [0.5, 0.6) is 5.75 Å². The molecule has 5 nitrogen and oxygen atoms in total. The SMILES string of the molecule is CC(c1ccccc1O)N1CCN2C(=O)NCC2C1. The number of carbonyl (C=O) groups excluding carboxylic acids is 1. The second-order valence-corrected chi connectivity index (χ2v) is 5.26. The number of aromatic hydroxyl groups is 1. The molecule has 0 radical (unpaired) electrons. The third kappa shape index (κ3) is 2.14. The van der Waals surface area contributed by atoms with Gasteiger partial charge < -0.3 is 15.3 Å². The van der Waals surface area contributed by atoms with Crippen LogP contribution in [0.4, 0.5) is 4.79 Å². The summed E-state index contributed by atoms with van der Waals surface area (Å²) in [6.45, 7) is 5.29. The number of nitrogens with zero attached hydrogens (tertiary/aromatic N) is 2. The molecule has 3 rings (SSSR count). The van der Waals surface area contributed by atoms with Crippen molar-refractivity contribution in [3.63, 3.8) is 0 Å². The quantitative estimate of drug-likeness (QED) is 0.840. The van der Waals surface area contributed by atoms with E-state index in [1.807, 2.05) is 23.1 Å². The second kappa shape index (κ2) is 4.74. The number of urea groups is 1. The smallest absolute Gasteiger partial charge is 0.317 e. The number of phenolic OH excluding ortho intramolecular Hbond substituents is 1. The van der Waals surface area contributed by atoms with Gasteiger partial charge in [0.1, 0.15) is 5.75 Å². The van der Waals surface area contributed by atoms with E-state index in [4.69, 9.17) is 0 Å². The Kier molecular flexibility index (Phi) is 3.06. The largest absolute Gasteiger partial charge is 0.508 e. The highest BCUT2D eigenvalue weighted by molar-refractivity contribution is 5.77. The van der Waals surface area contributed by atoms with Gasteiger partial charge in [0.15, 0.2) is 0 Å². The second-order valence-electron chi connectivity index (χ2n) is 5.26. The molecular formula is C14H19N3O2. The highest BCUT2D eigenvalue weighted by Gasteiger charge is 2.37. The van der Waals surface area contributed by atoms with E-state index in [9.17, 15) is 9.90 Å². The first kappa shape index (κ1) is 12.3. The lowest BCUT2D eigenvalue weighted by Gasteiger charge is -2.39. The Hall–Kier alpha value is -1.75. The highest BCUT2D eigenvalue weighted by Crippen LogP contribution is 2.30. The van der Waals surface area contributed by atoms with E-state index in [-0.39, 0.29) is 18.1 Å². The number of phenols is 1. The summed E-state index contributed by atoms with van der Waals surface area (Å²) in [5.41, 5.74) is 0.952. The van der Waals surface area contributed by atoms with Crippen molar-refractivity contribution < 1.29 is 9.90 Å². The molecule has 0 aliphatic carbocycles. The topological polar surface area (TPSA) is 55.8 Å². The molecule has 2 saturated heterocycles. The van der Waals surface area contributed by atoms with Crippen LogP contribution in [-0.4, -0.2) is 53.2 Å². The minimum absolute atomic E-state index is 0.0554. The number of hydrogen-bond acceptors (Lipinski definition) is 3. The summed E-state index contributed by atoms with van der Waals surface area (Å²) in [5.74, 6) is 0.345. The molecule has 2 fully saturated rings. The van der Waals surface area contributed by atoms with E-state index >= 15 is 0 Å². The normalized spacial score (nSPS) is 25.0. The maximum Gasteiger partial charge on any atom is 0.317 e. The Labute approximate surface area is 112 Å². The molecule has 19 heavy (non-hydrogen) atoms. The molecule has 1 aromatic carbocycles. The third-order valence-electron chi connectivity index (χ3n) is 4.20. The number of nitrogens with one attached hydrogen (secondary N) is 1. The molecule has 0 saturated carbocycles. The van der Waals surface area contributed by atoms with Crippen LogP contribution in [0.1, 0.15) is 18.5 Å². The summed E-state index contributed by atoms with van der Waals surface area (Å²) in [4.78, 5) is 15.8. The van der Waals surface area contributed by atoms with Crippen molar-refractivity contribution in [1.29, 1.82) is 0 Å². The predicted molar refractivity (Wildman–Crippen MR) is 72.0 cm³/mol. The van der Waals surface area contributed by atoms with E-state index in [1.165, 1.54) is 0 Å². The Morgan fingerprint density at radius 2 is 2.16 bits per heavy atom. The van der Waals surface area contributed by atoms with Gasteiger partial charge in [-0.1, -0.05) is 18.2 Å². The van der Waals surface area contributed by atoms with E-state index in [1.54, 1.807) is 6.07 Å². The zero-order chi connectivity index (χ0) is 13.4. The molecule has 5 heteroatoms. The average Bonchev–Trinajstić information content (AvgIpc) is 2.80. The van der Waals surface area contributed by atoms with E-state index < -0.39 is 0 Å². The molecule has 2 atom stereocenters. The number of fused-ring (bicyclic) bond motifs is 1. The van der Waals surface area contributed by atoms with Gasteiger partial charge in [-0.15, -0.1) is 0 Å².